The van der Waals surface area contributed by atoms with Crippen LogP contribution in [0.1, 0.15) is 28.7 Å². The van der Waals surface area contributed by atoms with Crippen LogP contribution in [0, 0.1) is 0 Å². The maximum Gasteiger partial charge on any atom is 0.358 e. The van der Waals surface area contributed by atoms with Gasteiger partial charge in [0.1, 0.15) is 0 Å². The van der Waals surface area contributed by atoms with Gasteiger partial charge in [0.15, 0.2) is 5.69 Å². The maximum atomic E-state index is 12.0. The zero-order valence-corrected chi connectivity index (χ0v) is 11.9. The molecule has 102 valence electrons. The number of ether oxygens (including phenoxy) is 1. The number of anilines is 1. The van der Waals surface area contributed by atoms with E-state index in [0.29, 0.717) is 30.8 Å². The summed E-state index contributed by atoms with van der Waals surface area (Å²) >= 11 is 1.63. The van der Waals surface area contributed by atoms with Crippen molar-refractivity contribution in [3.63, 3.8) is 0 Å². The van der Waals surface area contributed by atoms with Gasteiger partial charge in [-0.05, 0) is 28.8 Å². The minimum Gasteiger partial charge on any atom is -0.461 e. The van der Waals surface area contributed by atoms with E-state index in [4.69, 9.17) is 10.5 Å². The van der Waals surface area contributed by atoms with Crippen molar-refractivity contribution in [3.8, 4) is 0 Å². The molecule has 0 amide bonds. The van der Waals surface area contributed by atoms with Gasteiger partial charge in [0, 0.05) is 13.5 Å². The third-order valence-corrected chi connectivity index (χ3v) is 3.62. The number of nitrogens with two attached hydrogens (primary N) is 1. The highest BCUT2D eigenvalue weighted by Gasteiger charge is 2.20. The van der Waals surface area contributed by atoms with Crippen LogP contribution in [0.3, 0.4) is 0 Å². The Morgan fingerprint density at radius 3 is 2.95 bits per heavy atom. The van der Waals surface area contributed by atoms with Gasteiger partial charge in [0.25, 0.3) is 0 Å². The zero-order valence-electron chi connectivity index (χ0n) is 11.0. The van der Waals surface area contributed by atoms with Crippen molar-refractivity contribution in [2.24, 2.45) is 7.05 Å². The summed E-state index contributed by atoms with van der Waals surface area (Å²) in [5.74, 6) is -0.414. The standard InChI is InChI=1S/C13H17N3O2S/c1-3-10-11(14)12(16(2)15-10)13(17)18-6-4-9-5-7-19-8-9/h5,7-8H,3-4,6,14H2,1-2H3. The number of esters is 1. The molecule has 0 aromatic carbocycles. The Balaban J connectivity index is 1.98. The van der Waals surface area contributed by atoms with E-state index in [1.165, 1.54) is 10.2 Å². The molecule has 0 saturated heterocycles. The van der Waals surface area contributed by atoms with Crippen LogP contribution in [0.5, 0.6) is 0 Å². The molecule has 2 aromatic rings. The van der Waals surface area contributed by atoms with E-state index in [1.807, 2.05) is 23.8 Å². The highest BCUT2D eigenvalue weighted by atomic mass is 32.1. The third-order valence-electron chi connectivity index (χ3n) is 2.89. The van der Waals surface area contributed by atoms with Crippen LogP contribution in [-0.4, -0.2) is 22.4 Å². The van der Waals surface area contributed by atoms with Crippen LogP contribution in [-0.2, 0) is 24.6 Å². The minimum absolute atomic E-state index is 0.335. The molecule has 0 unspecified atom stereocenters. The van der Waals surface area contributed by atoms with Crippen LogP contribution in [0.4, 0.5) is 5.69 Å². The van der Waals surface area contributed by atoms with Crippen LogP contribution >= 0.6 is 11.3 Å². The molecular weight excluding hydrogens is 262 g/mol. The van der Waals surface area contributed by atoms with E-state index in [0.717, 1.165) is 5.69 Å². The van der Waals surface area contributed by atoms with Crippen LogP contribution < -0.4 is 5.73 Å². The average molecular weight is 279 g/mol. The Morgan fingerprint density at radius 2 is 2.37 bits per heavy atom. The molecule has 0 saturated carbocycles. The Hall–Kier alpha value is -1.82. The lowest BCUT2D eigenvalue weighted by Crippen LogP contribution is -2.14. The molecule has 0 radical (unpaired) electrons. The smallest absolute Gasteiger partial charge is 0.358 e. The average Bonchev–Trinajstić information content (AvgIpc) is 2.97. The molecule has 0 fully saturated rings. The molecule has 6 heteroatoms. The minimum atomic E-state index is -0.414. The Morgan fingerprint density at radius 1 is 1.58 bits per heavy atom. The van der Waals surface area contributed by atoms with E-state index < -0.39 is 5.97 Å². The first-order valence-corrected chi connectivity index (χ1v) is 7.07. The van der Waals surface area contributed by atoms with Crippen LogP contribution in [0.25, 0.3) is 0 Å². The molecule has 0 aliphatic rings. The quantitative estimate of drug-likeness (QED) is 0.850. The maximum absolute atomic E-state index is 12.0. The van der Waals surface area contributed by atoms with E-state index in [9.17, 15) is 4.79 Å². The fourth-order valence-corrected chi connectivity index (χ4v) is 2.57. The summed E-state index contributed by atoms with van der Waals surface area (Å²) < 4.78 is 6.73. The molecule has 0 spiro atoms. The van der Waals surface area contributed by atoms with Crippen molar-refractivity contribution in [2.75, 3.05) is 12.3 Å². The molecule has 2 heterocycles. The number of aryl methyl sites for hydroxylation is 2. The van der Waals surface area contributed by atoms with Crippen LogP contribution in [0.2, 0.25) is 0 Å². The number of hydrogen-bond donors (Lipinski definition) is 1. The van der Waals surface area contributed by atoms with E-state index in [-0.39, 0.29) is 0 Å². The number of aromatic nitrogens is 2. The van der Waals surface area contributed by atoms with Gasteiger partial charge < -0.3 is 10.5 Å². The molecule has 2 N–H and O–H groups in total. The van der Waals surface area contributed by atoms with Gasteiger partial charge in [-0.2, -0.15) is 16.4 Å². The number of carbonyl (C=O) groups is 1. The first kappa shape index (κ1) is 13.6. The molecule has 2 aromatic heterocycles. The molecular formula is C13H17N3O2S. The van der Waals surface area contributed by atoms with Gasteiger partial charge >= 0.3 is 5.97 Å². The van der Waals surface area contributed by atoms with Gasteiger partial charge in [-0.1, -0.05) is 6.92 Å². The Kier molecular flexibility index (Phi) is 4.21. The lowest BCUT2D eigenvalue weighted by atomic mass is 10.2. The summed E-state index contributed by atoms with van der Waals surface area (Å²) in [6.45, 7) is 2.30. The van der Waals surface area contributed by atoms with Gasteiger partial charge in [0.2, 0.25) is 0 Å². The predicted molar refractivity (Wildman–Crippen MR) is 75.3 cm³/mol. The van der Waals surface area contributed by atoms with Gasteiger partial charge in [-0.3, -0.25) is 4.68 Å². The molecule has 2 rings (SSSR count). The van der Waals surface area contributed by atoms with E-state index in [1.54, 1.807) is 18.4 Å². The zero-order chi connectivity index (χ0) is 13.8. The van der Waals surface area contributed by atoms with Gasteiger partial charge in [-0.15, -0.1) is 0 Å². The number of nitrogen functional groups attached to an aromatic ring is 1. The number of hydrogen-bond acceptors (Lipinski definition) is 5. The fourth-order valence-electron chi connectivity index (χ4n) is 1.86. The summed E-state index contributed by atoms with van der Waals surface area (Å²) in [5.41, 5.74) is 8.56. The third kappa shape index (κ3) is 2.96. The molecule has 19 heavy (non-hydrogen) atoms. The summed E-state index contributed by atoms with van der Waals surface area (Å²) in [5, 5.41) is 8.25. The second kappa shape index (κ2) is 5.88. The highest BCUT2D eigenvalue weighted by molar-refractivity contribution is 7.07. The summed E-state index contributed by atoms with van der Waals surface area (Å²) in [7, 11) is 1.70. The Bertz CT molecular complexity index is 561. The number of carbonyl (C=O) groups excluding carboxylic acids is 1. The fraction of sp³-hybridized carbons (Fsp3) is 0.385. The van der Waals surface area contributed by atoms with Crippen molar-refractivity contribution in [2.45, 2.75) is 19.8 Å². The number of thiophene rings is 1. The van der Waals surface area contributed by atoms with Crippen molar-refractivity contribution in [1.82, 2.24) is 9.78 Å². The summed E-state index contributed by atoms with van der Waals surface area (Å²) in [6.07, 6.45) is 1.41. The molecule has 0 aliphatic carbocycles. The second-order valence-corrected chi connectivity index (χ2v) is 4.98. The Labute approximate surface area is 116 Å². The molecule has 0 aliphatic heterocycles. The van der Waals surface area contributed by atoms with Crippen molar-refractivity contribution in [3.05, 3.63) is 33.8 Å². The largest absolute Gasteiger partial charge is 0.461 e. The summed E-state index contributed by atoms with van der Waals surface area (Å²) in [4.78, 5) is 12.0. The van der Waals surface area contributed by atoms with Crippen molar-refractivity contribution < 1.29 is 9.53 Å². The molecule has 0 bridgehead atoms. The van der Waals surface area contributed by atoms with Gasteiger partial charge in [-0.25, -0.2) is 4.79 Å². The van der Waals surface area contributed by atoms with E-state index >= 15 is 0 Å². The normalized spacial score (nSPS) is 10.6. The molecule has 5 nitrogen and oxygen atoms in total. The lowest BCUT2D eigenvalue weighted by molar-refractivity contribution is 0.0498. The van der Waals surface area contributed by atoms with Gasteiger partial charge in [0.05, 0.1) is 18.0 Å². The SMILES string of the molecule is CCc1nn(C)c(C(=O)OCCc2ccsc2)c1N. The lowest BCUT2D eigenvalue weighted by Gasteiger charge is -2.05. The number of rotatable bonds is 5. The first-order chi connectivity index (χ1) is 9.13. The predicted octanol–water partition coefficient (Wildman–Crippen LogP) is 2.03. The summed E-state index contributed by atoms with van der Waals surface area (Å²) in [6, 6.07) is 2.02. The topological polar surface area (TPSA) is 70.1 Å². The van der Waals surface area contributed by atoms with Crippen molar-refractivity contribution in [1.29, 1.82) is 0 Å². The van der Waals surface area contributed by atoms with Crippen molar-refractivity contribution >= 4 is 23.0 Å². The molecule has 0 atom stereocenters. The van der Waals surface area contributed by atoms with Crippen LogP contribution in [0.15, 0.2) is 16.8 Å². The monoisotopic (exact) mass is 279 g/mol. The highest BCUT2D eigenvalue weighted by Crippen LogP contribution is 2.18. The number of nitrogens with zero attached hydrogens (tertiary/aromatic N) is 2. The van der Waals surface area contributed by atoms with E-state index in [2.05, 4.69) is 5.10 Å². The second-order valence-electron chi connectivity index (χ2n) is 4.20. The first-order valence-electron chi connectivity index (χ1n) is 6.13.